The van der Waals surface area contributed by atoms with Crippen LogP contribution in [-0.4, -0.2) is 81.7 Å². The van der Waals surface area contributed by atoms with E-state index in [1.165, 1.54) is 0 Å². The van der Waals surface area contributed by atoms with Crippen molar-refractivity contribution in [1.82, 2.24) is 13.9 Å². The predicted octanol–water partition coefficient (Wildman–Crippen LogP) is -0.662. The van der Waals surface area contributed by atoms with Crippen molar-refractivity contribution in [3.63, 3.8) is 0 Å². The van der Waals surface area contributed by atoms with Crippen molar-refractivity contribution in [2.45, 2.75) is 25.3 Å². The van der Waals surface area contributed by atoms with Crippen LogP contribution in [0.4, 0.5) is 0 Å². The molecule has 0 saturated carbocycles. The van der Waals surface area contributed by atoms with Crippen molar-refractivity contribution in [3.8, 4) is 0 Å². The van der Waals surface area contributed by atoms with E-state index in [0.717, 1.165) is 10.7 Å². The maximum absolute atomic E-state index is 12.2. The second kappa shape index (κ2) is 8.64. The van der Waals surface area contributed by atoms with Crippen LogP contribution < -0.4 is 4.72 Å². The van der Waals surface area contributed by atoms with Gasteiger partial charge in [-0.15, -0.1) is 0 Å². The van der Waals surface area contributed by atoms with Gasteiger partial charge in [-0.25, -0.2) is 4.72 Å². The largest absolute Gasteiger partial charge is 0.480 e. The maximum Gasteiger partial charge on any atom is 0.322 e. The molecule has 1 saturated heterocycles. The van der Waals surface area contributed by atoms with Gasteiger partial charge in [0, 0.05) is 33.3 Å². The molecular weight excluding hydrogens is 298 g/mol. The lowest BCUT2D eigenvalue weighted by Gasteiger charge is -2.32. The molecule has 0 amide bonds. The SMILES string of the molecule is COCCN(C)CCNS(=O)(=O)N1CCCCC1C(=O)O. The van der Waals surface area contributed by atoms with Crippen LogP contribution in [0.2, 0.25) is 0 Å². The standard InChI is InChI=1S/C12H25N3O5S/c1-14(9-10-20-2)8-6-13-21(18,19)15-7-4-3-5-11(15)12(16)17/h11,13H,3-10H2,1-2H3,(H,16,17). The zero-order valence-electron chi connectivity index (χ0n) is 12.6. The first-order valence-electron chi connectivity index (χ1n) is 7.05. The molecule has 0 aromatic carbocycles. The number of nitrogens with zero attached hydrogens (tertiary/aromatic N) is 2. The van der Waals surface area contributed by atoms with Gasteiger partial charge in [0.25, 0.3) is 10.2 Å². The highest BCUT2D eigenvalue weighted by Crippen LogP contribution is 2.19. The molecule has 1 rings (SSSR count). The Labute approximate surface area is 126 Å². The molecule has 1 aliphatic heterocycles. The minimum atomic E-state index is -3.75. The number of carboxylic acid groups (broad SMARTS) is 1. The highest BCUT2D eigenvalue weighted by molar-refractivity contribution is 7.87. The molecule has 1 unspecified atom stereocenters. The highest BCUT2D eigenvalue weighted by Gasteiger charge is 2.36. The first-order chi connectivity index (χ1) is 9.88. The van der Waals surface area contributed by atoms with E-state index in [2.05, 4.69) is 4.72 Å². The van der Waals surface area contributed by atoms with Gasteiger partial charge in [-0.05, 0) is 26.3 Å². The fourth-order valence-corrected chi connectivity index (χ4v) is 3.66. The first-order valence-corrected chi connectivity index (χ1v) is 8.49. The number of aliphatic carboxylic acids is 1. The molecule has 0 aromatic heterocycles. The van der Waals surface area contributed by atoms with E-state index >= 15 is 0 Å². The van der Waals surface area contributed by atoms with Gasteiger partial charge in [0.15, 0.2) is 0 Å². The Morgan fingerprint density at radius 2 is 2.14 bits per heavy atom. The van der Waals surface area contributed by atoms with E-state index in [-0.39, 0.29) is 13.1 Å². The summed E-state index contributed by atoms with van der Waals surface area (Å²) in [5.41, 5.74) is 0. The van der Waals surface area contributed by atoms with Crippen molar-refractivity contribution in [3.05, 3.63) is 0 Å². The zero-order valence-corrected chi connectivity index (χ0v) is 13.4. The van der Waals surface area contributed by atoms with Gasteiger partial charge in [-0.3, -0.25) is 4.79 Å². The van der Waals surface area contributed by atoms with E-state index in [1.54, 1.807) is 7.11 Å². The van der Waals surface area contributed by atoms with Crippen LogP contribution in [0.25, 0.3) is 0 Å². The molecule has 2 N–H and O–H groups in total. The summed E-state index contributed by atoms with van der Waals surface area (Å²) in [6.07, 6.45) is 1.80. The van der Waals surface area contributed by atoms with Crippen LogP contribution in [0.15, 0.2) is 0 Å². The number of rotatable bonds is 9. The Morgan fingerprint density at radius 1 is 1.43 bits per heavy atom. The lowest BCUT2D eigenvalue weighted by atomic mass is 10.1. The minimum absolute atomic E-state index is 0.241. The number of methoxy groups -OCH3 is 1. The van der Waals surface area contributed by atoms with Crippen molar-refractivity contribution < 1.29 is 23.1 Å². The topological polar surface area (TPSA) is 99.2 Å². The number of carboxylic acids is 1. The monoisotopic (exact) mass is 323 g/mol. The summed E-state index contributed by atoms with van der Waals surface area (Å²) < 4.78 is 32.9. The van der Waals surface area contributed by atoms with Crippen LogP contribution in [0.5, 0.6) is 0 Å². The lowest BCUT2D eigenvalue weighted by molar-refractivity contribution is -0.142. The molecule has 1 aliphatic rings. The Hall–Kier alpha value is -0.740. The number of hydrogen-bond acceptors (Lipinski definition) is 5. The van der Waals surface area contributed by atoms with Crippen molar-refractivity contribution in [1.29, 1.82) is 0 Å². The summed E-state index contributed by atoms with van der Waals surface area (Å²) >= 11 is 0. The third kappa shape index (κ3) is 5.87. The predicted molar refractivity (Wildman–Crippen MR) is 78.3 cm³/mol. The first kappa shape index (κ1) is 18.3. The van der Waals surface area contributed by atoms with E-state index in [1.807, 2.05) is 11.9 Å². The van der Waals surface area contributed by atoms with Crippen LogP contribution in [-0.2, 0) is 19.7 Å². The molecule has 21 heavy (non-hydrogen) atoms. The van der Waals surface area contributed by atoms with Gasteiger partial charge >= 0.3 is 5.97 Å². The quantitative estimate of drug-likeness (QED) is 0.584. The normalized spacial score (nSPS) is 20.8. The highest BCUT2D eigenvalue weighted by atomic mass is 32.2. The Kier molecular flexibility index (Phi) is 7.53. The number of nitrogens with one attached hydrogen (secondary N) is 1. The Balaban J connectivity index is 2.50. The number of ether oxygens (including phenoxy) is 1. The summed E-state index contributed by atoms with van der Waals surface area (Å²) in [5.74, 6) is -1.09. The van der Waals surface area contributed by atoms with Crippen LogP contribution in [0, 0.1) is 0 Å². The van der Waals surface area contributed by atoms with E-state index in [0.29, 0.717) is 32.5 Å². The smallest absolute Gasteiger partial charge is 0.322 e. The van der Waals surface area contributed by atoms with Gasteiger partial charge in [-0.2, -0.15) is 12.7 Å². The van der Waals surface area contributed by atoms with E-state index < -0.39 is 22.2 Å². The average molecular weight is 323 g/mol. The van der Waals surface area contributed by atoms with Gasteiger partial charge < -0.3 is 14.7 Å². The molecule has 8 nitrogen and oxygen atoms in total. The second-order valence-electron chi connectivity index (χ2n) is 5.16. The Morgan fingerprint density at radius 3 is 2.76 bits per heavy atom. The van der Waals surface area contributed by atoms with E-state index in [4.69, 9.17) is 9.84 Å². The van der Waals surface area contributed by atoms with Crippen LogP contribution in [0.1, 0.15) is 19.3 Å². The van der Waals surface area contributed by atoms with Crippen molar-refractivity contribution in [2.75, 3.05) is 46.9 Å². The minimum Gasteiger partial charge on any atom is -0.480 e. The summed E-state index contributed by atoms with van der Waals surface area (Å²) in [7, 11) is -0.270. The molecular formula is C12H25N3O5S. The number of carbonyl (C=O) groups is 1. The summed E-state index contributed by atoms with van der Waals surface area (Å²) in [6.45, 7) is 2.32. The fraction of sp³-hybridized carbons (Fsp3) is 0.917. The molecule has 1 atom stereocenters. The third-order valence-corrected chi connectivity index (χ3v) is 5.13. The van der Waals surface area contributed by atoms with Crippen LogP contribution >= 0.6 is 0 Å². The molecule has 9 heteroatoms. The van der Waals surface area contributed by atoms with Crippen molar-refractivity contribution in [2.24, 2.45) is 0 Å². The summed E-state index contributed by atoms with van der Waals surface area (Å²) in [4.78, 5) is 13.1. The summed E-state index contributed by atoms with van der Waals surface area (Å²) in [6, 6.07) is -0.956. The zero-order chi connectivity index (χ0) is 15.9. The number of hydrogen-bond donors (Lipinski definition) is 2. The molecule has 124 valence electrons. The Bertz CT molecular complexity index is 429. The molecule has 0 aliphatic carbocycles. The number of piperidine rings is 1. The molecule has 1 fully saturated rings. The van der Waals surface area contributed by atoms with Gasteiger partial charge in [0.2, 0.25) is 0 Å². The molecule has 0 aromatic rings. The van der Waals surface area contributed by atoms with Gasteiger partial charge in [0.1, 0.15) is 6.04 Å². The number of likely N-dealkylation sites (N-methyl/N-ethyl adjacent to an activating group) is 1. The molecule has 0 radical (unpaired) electrons. The molecule has 1 heterocycles. The second-order valence-corrected chi connectivity index (χ2v) is 6.86. The van der Waals surface area contributed by atoms with Gasteiger partial charge in [0.05, 0.1) is 6.61 Å². The van der Waals surface area contributed by atoms with Crippen LogP contribution in [0.3, 0.4) is 0 Å². The molecule has 0 spiro atoms. The fourth-order valence-electron chi connectivity index (χ4n) is 2.25. The van der Waals surface area contributed by atoms with E-state index in [9.17, 15) is 13.2 Å². The third-order valence-electron chi connectivity index (χ3n) is 3.50. The maximum atomic E-state index is 12.2. The van der Waals surface area contributed by atoms with Gasteiger partial charge in [-0.1, -0.05) is 0 Å². The van der Waals surface area contributed by atoms with Crippen molar-refractivity contribution >= 4 is 16.2 Å². The molecule has 0 bridgehead atoms. The average Bonchev–Trinajstić information content (AvgIpc) is 2.44. The summed E-state index contributed by atoms with van der Waals surface area (Å²) in [5, 5.41) is 9.13. The lowest BCUT2D eigenvalue weighted by Crippen LogP contribution is -2.52.